The predicted molar refractivity (Wildman–Crippen MR) is 60.8 cm³/mol. The summed E-state index contributed by atoms with van der Waals surface area (Å²) in [4.78, 5) is 3.98. The van der Waals surface area contributed by atoms with Crippen LogP contribution in [0.5, 0.6) is 0 Å². The zero-order chi connectivity index (χ0) is 11.1. The molecule has 0 aliphatic rings. The van der Waals surface area contributed by atoms with E-state index < -0.39 is 0 Å². The smallest absolute Gasteiger partial charge is 0.0692 e. The fourth-order valence-electron chi connectivity index (χ4n) is 1.45. The van der Waals surface area contributed by atoms with Gasteiger partial charge in [0.2, 0.25) is 0 Å². The van der Waals surface area contributed by atoms with Crippen molar-refractivity contribution in [2.24, 2.45) is 0 Å². The average molecular weight is 217 g/mol. The van der Waals surface area contributed by atoms with E-state index in [2.05, 4.69) is 20.6 Å². The molecule has 0 bridgehead atoms. The lowest BCUT2D eigenvalue weighted by atomic mass is 10.2. The van der Waals surface area contributed by atoms with Gasteiger partial charge in [-0.2, -0.15) is 0 Å². The van der Waals surface area contributed by atoms with Crippen LogP contribution in [0.4, 0.5) is 0 Å². The van der Waals surface area contributed by atoms with Crippen molar-refractivity contribution in [3.05, 3.63) is 42.5 Å². The first-order valence-corrected chi connectivity index (χ1v) is 5.39. The number of aromatic nitrogens is 4. The molecule has 0 radical (unpaired) electrons. The molecule has 2 heterocycles. The lowest BCUT2D eigenvalue weighted by Gasteiger charge is -2.04. The van der Waals surface area contributed by atoms with E-state index in [-0.39, 0.29) is 0 Å². The SMILES string of the molecule is c1cc(CCNCCn2ccnn2)ccn1. The van der Waals surface area contributed by atoms with E-state index in [9.17, 15) is 0 Å². The van der Waals surface area contributed by atoms with Gasteiger partial charge in [0, 0.05) is 25.1 Å². The minimum Gasteiger partial charge on any atom is -0.315 e. The van der Waals surface area contributed by atoms with Gasteiger partial charge in [-0.3, -0.25) is 9.67 Å². The van der Waals surface area contributed by atoms with E-state index in [0.717, 1.165) is 26.1 Å². The summed E-state index contributed by atoms with van der Waals surface area (Å²) in [5.74, 6) is 0. The van der Waals surface area contributed by atoms with E-state index in [1.807, 2.05) is 35.4 Å². The molecule has 2 rings (SSSR count). The van der Waals surface area contributed by atoms with Gasteiger partial charge in [-0.25, -0.2) is 0 Å². The van der Waals surface area contributed by atoms with Crippen LogP contribution in [0, 0.1) is 0 Å². The minimum absolute atomic E-state index is 0.857. The van der Waals surface area contributed by atoms with Crippen molar-refractivity contribution in [1.29, 1.82) is 0 Å². The summed E-state index contributed by atoms with van der Waals surface area (Å²) in [6.07, 6.45) is 8.23. The Balaban J connectivity index is 1.59. The van der Waals surface area contributed by atoms with Crippen LogP contribution in [-0.2, 0) is 13.0 Å². The van der Waals surface area contributed by atoms with Crippen molar-refractivity contribution in [3.63, 3.8) is 0 Å². The maximum Gasteiger partial charge on any atom is 0.0692 e. The molecule has 0 aromatic carbocycles. The Morgan fingerprint density at radius 2 is 2.00 bits per heavy atom. The zero-order valence-electron chi connectivity index (χ0n) is 9.08. The number of hydrogen-bond donors (Lipinski definition) is 1. The second-order valence-corrected chi connectivity index (χ2v) is 3.52. The van der Waals surface area contributed by atoms with E-state index >= 15 is 0 Å². The van der Waals surface area contributed by atoms with E-state index in [1.54, 1.807) is 6.20 Å². The second kappa shape index (κ2) is 5.97. The Bertz CT molecular complexity index is 384. The molecule has 0 atom stereocenters. The summed E-state index contributed by atoms with van der Waals surface area (Å²) < 4.78 is 1.82. The minimum atomic E-state index is 0.857. The van der Waals surface area contributed by atoms with Crippen LogP contribution < -0.4 is 5.32 Å². The predicted octanol–water partition coefficient (Wildman–Crippen LogP) is 0.505. The van der Waals surface area contributed by atoms with Gasteiger partial charge < -0.3 is 5.32 Å². The van der Waals surface area contributed by atoms with Gasteiger partial charge in [-0.05, 0) is 30.7 Å². The van der Waals surface area contributed by atoms with Gasteiger partial charge in [-0.1, -0.05) is 5.21 Å². The fraction of sp³-hybridized carbons (Fsp3) is 0.364. The Hall–Kier alpha value is -1.75. The first-order valence-electron chi connectivity index (χ1n) is 5.39. The van der Waals surface area contributed by atoms with Gasteiger partial charge in [0.1, 0.15) is 0 Å². The van der Waals surface area contributed by atoms with E-state index in [0.29, 0.717) is 0 Å². The molecule has 0 aliphatic heterocycles. The van der Waals surface area contributed by atoms with Crippen LogP contribution in [0.25, 0.3) is 0 Å². The Morgan fingerprint density at radius 1 is 1.12 bits per heavy atom. The van der Waals surface area contributed by atoms with Crippen LogP contribution in [0.15, 0.2) is 36.9 Å². The lowest BCUT2D eigenvalue weighted by molar-refractivity contribution is 0.541. The molecule has 1 N–H and O–H groups in total. The molecular formula is C11H15N5. The monoisotopic (exact) mass is 217 g/mol. The first-order chi connectivity index (χ1) is 7.95. The highest BCUT2D eigenvalue weighted by molar-refractivity contribution is 5.09. The number of nitrogens with one attached hydrogen (secondary N) is 1. The summed E-state index contributed by atoms with van der Waals surface area (Å²) in [5.41, 5.74) is 1.31. The van der Waals surface area contributed by atoms with Gasteiger partial charge in [0.05, 0.1) is 12.7 Å². The third-order valence-electron chi connectivity index (χ3n) is 2.33. The van der Waals surface area contributed by atoms with Crippen molar-refractivity contribution in [2.75, 3.05) is 13.1 Å². The van der Waals surface area contributed by atoms with Gasteiger partial charge in [0.15, 0.2) is 0 Å². The third kappa shape index (κ3) is 3.43. The van der Waals surface area contributed by atoms with Crippen molar-refractivity contribution < 1.29 is 0 Å². The average Bonchev–Trinajstić information content (AvgIpc) is 2.83. The number of rotatable bonds is 6. The van der Waals surface area contributed by atoms with Crippen molar-refractivity contribution >= 4 is 0 Å². The highest BCUT2D eigenvalue weighted by atomic mass is 15.4. The number of hydrogen-bond acceptors (Lipinski definition) is 4. The lowest BCUT2D eigenvalue weighted by Crippen LogP contribution is -2.22. The molecular weight excluding hydrogens is 202 g/mol. The Morgan fingerprint density at radius 3 is 2.75 bits per heavy atom. The summed E-state index contributed by atoms with van der Waals surface area (Å²) in [7, 11) is 0. The van der Waals surface area contributed by atoms with Gasteiger partial charge in [-0.15, -0.1) is 5.10 Å². The molecule has 0 amide bonds. The molecule has 2 aromatic heterocycles. The zero-order valence-corrected chi connectivity index (χ0v) is 9.08. The van der Waals surface area contributed by atoms with Crippen molar-refractivity contribution in [2.45, 2.75) is 13.0 Å². The fourth-order valence-corrected chi connectivity index (χ4v) is 1.45. The Kier molecular flexibility index (Phi) is 4.01. The number of nitrogens with zero attached hydrogens (tertiary/aromatic N) is 4. The molecule has 0 spiro atoms. The van der Waals surface area contributed by atoms with E-state index in [1.165, 1.54) is 5.56 Å². The summed E-state index contributed by atoms with van der Waals surface area (Å²) in [6.45, 7) is 2.74. The molecule has 0 unspecified atom stereocenters. The molecule has 0 saturated carbocycles. The summed E-state index contributed by atoms with van der Waals surface area (Å²) in [5, 5.41) is 11.0. The maximum absolute atomic E-state index is 3.98. The van der Waals surface area contributed by atoms with E-state index in [4.69, 9.17) is 0 Å². The molecule has 5 heteroatoms. The topological polar surface area (TPSA) is 55.6 Å². The second-order valence-electron chi connectivity index (χ2n) is 3.52. The first kappa shape index (κ1) is 10.8. The largest absolute Gasteiger partial charge is 0.315 e. The summed E-state index contributed by atoms with van der Waals surface area (Å²) in [6, 6.07) is 4.08. The molecule has 16 heavy (non-hydrogen) atoms. The highest BCUT2D eigenvalue weighted by Gasteiger charge is 1.93. The van der Waals surface area contributed by atoms with Crippen molar-refractivity contribution in [3.8, 4) is 0 Å². The maximum atomic E-state index is 3.98. The molecule has 0 fully saturated rings. The molecule has 84 valence electrons. The number of pyridine rings is 1. The quantitative estimate of drug-likeness (QED) is 0.716. The van der Waals surface area contributed by atoms with Crippen LogP contribution in [0.1, 0.15) is 5.56 Å². The third-order valence-corrected chi connectivity index (χ3v) is 2.33. The molecule has 0 saturated heterocycles. The molecule has 2 aromatic rings. The Labute approximate surface area is 94.5 Å². The summed E-state index contributed by atoms with van der Waals surface area (Å²) >= 11 is 0. The van der Waals surface area contributed by atoms with Crippen LogP contribution >= 0.6 is 0 Å². The van der Waals surface area contributed by atoms with Crippen molar-refractivity contribution in [1.82, 2.24) is 25.3 Å². The highest BCUT2D eigenvalue weighted by Crippen LogP contribution is 1.95. The van der Waals surface area contributed by atoms with Crippen LogP contribution in [0.2, 0.25) is 0 Å². The standard InChI is InChI=1S/C11H15N5/c1-4-12-5-2-11(1)3-6-13-7-9-16-10-8-14-15-16/h1-2,4-5,8,10,13H,3,6-7,9H2. The van der Waals surface area contributed by atoms with Crippen LogP contribution in [-0.4, -0.2) is 33.1 Å². The normalized spacial score (nSPS) is 10.5. The van der Waals surface area contributed by atoms with Gasteiger partial charge >= 0.3 is 0 Å². The van der Waals surface area contributed by atoms with Gasteiger partial charge in [0.25, 0.3) is 0 Å². The van der Waals surface area contributed by atoms with Crippen LogP contribution in [0.3, 0.4) is 0 Å². The molecule has 5 nitrogen and oxygen atoms in total. The molecule has 0 aliphatic carbocycles.